The molecule has 0 amide bonds. The zero-order chi connectivity index (χ0) is 14.8. The number of hydrogen-bond donors (Lipinski definition) is 1. The molecule has 3 aromatic rings. The minimum absolute atomic E-state index is 0.0115. The fraction of sp³-hybridized carbons (Fsp3) is 0.0588. The van der Waals surface area contributed by atoms with E-state index in [9.17, 15) is 14.7 Å². The molecule has 0 saturated heterocycles. The van der Waals surface area contributed by atoms with E-state index in [2.05, 4.69) is 0 Å². The van der Waals surface area contributed by atoms with Gasteiger partial charge in [-0.15, -0.1) is 0 Å². The van der Waals surface area contributed by atoms with Gasteiger partial charge in [0, 0.05) is 12.0 Å². The van der Waals surface area contributed by atoms with Crippen LogP contribution >= 0.6 is 0 Å². The van der Waals surface area contributed by atoms with Crippen LogP contribution in [0.4, 0.5) is 0 Å². The summed E-state index contributed by atoms with van der Waals surface area (Å²) in [5.41, 5.74) is 0.0957. The Morgan fingerprint density at radius 2 is 1.67 bits per heavy atom. The highest BCUT2D eigenvalue weighted by atomic mass is 16.4. The Morgan fingerprint density at radius 3 is 2.43 bits per heavy atom. The molecular weight excluding hydrogens is 268 g/mol. The molecule has 2 aromatic carbocycles. The highest BCUT2D eigenvalue weighted by molar-refractivity contribution is 5.98. The second-order valence-electron chi connectivity index (χ2n) is 4.68. The van der Waals surface area contributed by atoms with Gasteiger partial charge < -0.3 is 9.52 Å². The molecule has 0 saturated carbocycles. The number of hydrogen-bond acceptors (Lipinski definition) is 4. The Labute approximate surface area is 120 Å². The summed E-state index contributed by atoms with van der Waals surface area (Å²) in [5.74, 6) is -0.431. The van der Waals surface area contributed by atoms with E-state index in [4.69, 9.17) is 4.42 Å². The summed E-state index contributed by atoms with van der Waals surface area (Å²) in [4.78, 5) is 24.1. The van der Waals surface area contributed by atoms with E-state index in [0.29, 0.717) is 16.5 Å². The van der Waals surface area contributed by atoms with Gasteiger partial charge in [0.15, 0.2) is 5.78 Å². The van der Waals surface area contributed by atoms with Crippen molar-refractivity contribution in [3.05, 3.63) is 76.1 Å². The zero-order valence-corrected chi connectivity index (χ0v) is 11.1. The van der Waals surface area contributed by atoms with Crippen molar-refractivity contribution < 1.29 is 14.3 Å². The van der Waals surface area contributed by atoms with Crippen molar-refractivity contribution in [2.24, 2.45) is 0 Å². The predicted molar refractivity (Wildman–Crippen MR) is 78.6 cm³/mol. The molecule has 21 heavy (non-hydrogen) atoms. The van der Waals surface area contributed by atoms with Gasteiger partial charge in [0.05, 0.1) is 10.9 Å². The van der Waals surface area contributed by atoms with Crippen LogP contribution in [-0.2, 0) is 6.42 Å². The van der Waals surface area contributed by atoms with Crippen LogP contribution in [0.15, 0.2) is 63.8 Å². The molecule has 0 unspecified atom stereocenters. The lowest BCUT2D eigenvalue weighted by Crippen LogP contribution is -2.13. The van der Waals surface area contributed by atoms with Crippen molar-refractivity contribution in [2.75, 3.05) is 0 Å². The molecule has 104 valence electrons. The van der Waals surface area contributed by atoms with Crippen molar-refractivity contribution in [2.45, 2.75) is 6.42 Å². The van der Waals surface area contributed by atoms with Crippen molar-refractivity contribution in [3.8, 4) is 5.75 Å². The lowest BCUT2D eigenvalue weighted by Gasteiger charge is -2.05. The normalized spacial score (nSPS) is 10.7. The molecule has 0 radical (unpaired) electrons. The molecule has 0 spiro atoms. The Balaban J connectivity index is 2.05. The van der Waals surface area contributed by atoms with Gasteiger partial charge >= 0.3 is 5.63 Å². The first-order valence-corrected chi connectivity index (χ1v) is 6.49. The summed E-state index contributed by atoms with van der Waals surface area (Å²) >= 11 is 0. The van der Waals surface area contributed by atoms with Crippen LogP contribution in [0.3, 0.4) is 0 Å². The van der Waals surface area contributed by atoms with E-state index >= 15 is 0 Å². The lowest BCUT2D eigenvalue weighted by molar-refractivity contribution is 0.0991. The number of fused-ring (bicyclic) bond motifs is 1. The molecule has 0 bridgehead atoms. The SMILES string of the molecule is O=C(Cc1c(O)c2ccccc2oc1=O)c1ccccc1. The van der Waals surface area contributed by atoms with E-state index in [1.165, 1.54) is 0 Å². The molecule has 0 aliphatic rings. The van der Waals surface area contributed by atoms with Crippen molar-refractivity contribution in [3.63, 3.8) is 0 Å². The minimum Gasteiger partial charge on any atom is -0.507 e. The second-order valence-corrected chi connectivity index (χ2v) is 4.68. The minimum atomic E-state index is -0.685. The molecule has 0 aliphatic carbocycles. The van der Waals surface area contributed by atoms with Gasteiger partial charge in [-0.25, -0.2) is 4.79 Å². The number of para-hydroxylation sites is 1. The average molecular weight is 280 g/mol. The number of ketones is 1. The van der Waals surface area contributed by atoms with Crippen LogP contribution in [0.25, 0.3) is 11.0 Å². The summed E-state index contributed by atoms with van der Waals surface area (Å²) in [6, 6.07) is 15.3. The van der Waals surface area contributed by atoms with Crippen LogP contribution in [0.5, 0.6) is 5.75 Å². The summed E-state index contributed by atoms with van der Waals surface area (Å²) in [6.07, 6.45) is -0.191. The Kier molecular flexibility index (Phi) is 3.28. The molecule has 0 aliphatic heterocycles. The van der Waals surface area contributed by atoms with E-state index in [0.717, 1.165) is 0 Å². The standard InChI is InChI=1S/C17H12O4/c18-14(11-6-2-1-3-7-11)10-13-16(19)12-8-4-5-9-15(12)21-17(13)20/h1-9,19H,10H2. The molecule has 4 nitrogen and oxygen atoms in total. The largest absolute Gasteiger partial charge is 0.507 e. The lowest BCUT2D eigenvalue weighted by atomic mass is 10.0. The first-order valence-electron chi connectivity index (χ1n) is 6.49. The summed E-state index contributed by atoms with van der Waals surface area (Å²) < 4.78 is 5.14. The number of aromatic hydroxyl groups is 1. The zero-order valence-electron chi connectivity index (χ0n) is 11.1. The summed E-state index contributed by atoms with van der Waals surface area (Å²) in [7, 11) is 0. The van der Waals surface area contributed by atoms with E-state index in [1.807, 2.05) is 0 Å². The molecular formula is C17H12O4. The van der Waals surface area contributed by atoms with Gasteiger partial charge in [-0.2, -0.15) is 0 Å². The van der Waals surface area contributed by atoms with E-state index in [1.54, 1.807) is 54.6 Å². The maximum atomic E-state index is 12.2. The number of rotatable bonds is 3. The van der Waals surface area contributed by atoms with Crippen molar-refractivity contribution in [1.82, 2.24) is 0 Å². The number of carbonyl (C=O) groups is 1. The predicted octanol–water partition coefficient (Wildman–Crippen LogP) is 2.92. The third-order valence-corrected chi connectivity index (χ3v) is 3.31. The van der Waals surface area contributed by atoms with Crippen LogP contribution in [0, 0.1) is 0 Å². The molecule has 0 fully saturated rings. The molecule has 3 rings (SSSR count). The maximum absolute atomic E-state index is 12.2. The third kappa shape index (κ3) is 2.43. The first-order chi connectivity index (χ1) is 10.2. The number of carbonyl (C=O) groups excluding carboxylic acids is 1. The van der Waals surface area contributed by atoms with E-state index < -0.39 is 5.63 Å². The highest BCUT2D eigenvalue weighted by Crippen LogP contribution is 2.26. The van der Waals surface area contributed by atoms with Gasteiger partial charge in [0.25, 0.3) is 0 Å². The summed E-state index contributed by atoms with van der Waals surface area (Å²) in [6.45, 7) is 0. The molecule has 4 heteroatoms. The Morgan fingerprint density at radius 1 is 1.00 bits per heavy atom. The monoisotopic (exact) mass is 280 g/mol. The van der Waals surface area contributed by atoms with Crippen molar-refractivity contribution >= 4 is 16.8 Å². The Hall–Kier alpha value is -2.88. The maximum Gasteiger partial charge on any atom is 0.343 e. The molecule has 1 aromatic heterocycles. The van der Waals surface area contributed by atoms with Gasteiger partial charge in [-0.1, -0.05) is 42.5 Å². The van der Waals surface area contributed by atoms with Crippen molar-refractivity contribution in [1.29, 1.82) is 0 Å². The van der Waals surface area contributed by atoms with Crippen LogP contribution in [0.1, 0.15) is 15.9 Å². The molecule has 0 atom stereocenters. The van der Waals surface area contributed by atoms with Crippen LogP contribution in [0.2, 0.25) is 0 Å². The average Bonchev–Trinajstić information content (AvgIpc) is 2.52. The number of Topliss-reactive ketones (excluding diaryl/α,β-unsaturated/α-hetero) is 1. The molecule has 1 N–H and O–H groups in total. The number of benzene rings is 2. The molecule has 1 heterocycles. The van der Waals surface area contributed by atoms with Gasteiger partial charge in [0.2, 0.25) is 0 Å². The quantitative estimate of drug-likeness (QED) is 0.591. The van der Waals surface area contributed by atoms with Gasteiger partial charge in [0.1, 0.15) is 11.3 Å². The third-order valence-electron chi connectivity index (χ3n) is 3.31. The summed E-state index contributed by atoms with van der Waals surface area (Å²) in [5, 5.41) is 10.6. The van der Waals surface area contributed by atoms with E-state index in [-0.39, 0.29) is 23.5 Å². The second kappa shape index (κ2) is 5.25. The fourth-order valence-corrected chi connectivity index (χ4v) is 2.21. The van der Waals surface area contributed by atoms with Crippen LogP contribution < -0.4 is 5.63 Å². The fourth-order valence-electron chi connectivity index (χ4n) is 2.21. The van der Waals surface area contributed by atoms with Gasteiger partial charge in [-0.05, 0) is 12.1 Å². The first kappa shape index (κ1) is 13.1. The Bertz CT molecular complexity index is 863. The van der Waals surface area contributed by atoms with Crippen LogP contribution in [-0.4, -0.2) is 10.9 Å². The van der Waals surface area contributed by atoms with Gasteiger partial charge in [-0.3, -0.25) is 4.79 Å². The highest BCUT2D eigenvalue weighted by Gasteiger charge is 2.17. The smallest absolute Gasteiger partial charge is 0.343 e. The topological polar surface area (TPSA) is 67.5 Å².